The first-order chi connectivity index (χ1) is 5.06. The molecule has 0 fully saturated rings. The monoisotopic (exact) mass is 171 g/mol. The van der Waals surface area contributed by atoms with Gasteiger partial charge >= 0.3 is 6.18 Å². The standard InChI is InChI=1S/C6H12F3NO/c1-2-10-11-5-3-4-6(7,8)9/h10H,2-5H2,1H3. The maximum Gasteiger partial charge on any atom is 0.389 e. The summed E-state index contributed by atoms with van der Waals surface area (Å²) in [5.74, 6) is 0. The Bertz CT molecular complexity index is 94.3. The molecule has 0 aliphatic heterocycles. The van der Waals surface area contributed by atoms with E-state index in [1.807, 2.05) is 6.92 Å². The lowest BCUT2D eigenvalue weighted by Crippen LogP contribution is -2.16. The van der Waals surface area contributed by atoms with Crippen LogP contribution in [-0.4, -0.2) is 19.3 Å². The van der Waals surface area contributed by atoms with Gasteiger partial charge in [0.25, 0.3) is 0 Å². The molecule has 0 rings (SSSR count). The molecule has 68 valence electrons. The van der Waals surface area contributed by atoms with E-state index in [0.29, 0.717) is 6.54 Å². The molecule has 0 aromatic heterocycles. The highest BCUT2D eigenvalue weighted by molar-refractivity contribution is 4.48. The van der Waals surface area contributed by atoms with Crippen LogP contribution in [0.25, 0.3) is 0 Å². The van der Waals surface area contributed by atoms with Crippen molar-refractivity contribution >= 4 is 0 Å². The highest BCUT2D eigenvalue weighted by Gasteiger charge is 2.25. The molecule has 1 N–H and O–H groups in total. The summed E-state index contributed by atoms with van der Waals surface area (Å²) >= 11 is 0. The van der Waals surface area contributed by atoms with Gasteiger partial charge in [-0.3, -0.25) is 0 Å². The van der Waals surface area contributed by atoms with Crippen LogP contribution in [0.2, 0.25) is 0 Å². The van der Waals surface area contributed by atoms with E-state index >= 15 is 0 Å². The molecule has 0 spiro atoms. The second-order valence-electron chi connectivity index (χ2n) is 2.07. The van der Waals surface area contributed by atoms with Crippen molar-refractivity contribution < 1.29 is 18.0 Å². The Labute approximate surface area is 63.7 Å². The summed E-state index contributed by atoms with van der Waals surface area (Å²) in [6.45, 7) is 2.52. The molecule has 0 heterocycles. The Hall–Kier alpha value is -0.290. The van der Waals surface area contributed by atoms with Gasteiger partial charge in [-0.2, -0.15) is 13.2 Å². The van der Waals surface area contributed by atoms with Gasteiger partial charge in [0.1, 0.15) is 0 Å². The predicted octanol–water partition coefficient (Wildman–Crippen LogP) is 1.87. The first kappa shape index (κ1) is 10.7. The fraction of sp³-hybridized carbons (Fsp3) is 1.00. The largest absolute Gasteiger partial charge is 0.389 e. The van der Waals surface area contributed by atoms with Crippen LogP contribution in [-0.2, 0) is 4.84 Å². The smallest absolute Gasteiger partial charge is 0.302 e. The molecule has 0 aromatic rings. The van der Waals surface area contributed by atoms with E-state index in [2.05, 4.69) is 10.3 Å². The fourth-order valence-electron chi connectivity index (χ4n) is 0.519. The zero-order valence-corrected chi connectivity index (χ0v) is 6.37. The average Bonchev–Trinajstić information content (AvgIpc) is 1.85. The number of hydrogen-bond acceptors (Lipinski definition) is 2. The lowest BCUT2D eigenvalue weighted by molar-refractivity contribution is -0.139. The number of halogens is 3. The van der Waals surface area contributed by atoms with Gasteiger partial charge in [-0.1, -0.05) is 6.92 Å². The SMILES string of the molecule is CCNOCCCC(F)(F)F. The van der Waals surface area contributed by atoms with Gasteiger partial charge in [0.2, 0.25) is 0 Å². The minimum atomic E-state index is -4.06. The van der Waals surface area contributed by atoms with Crippen molar-refractivity contribution in [2.24, 2.45) is 0 Å². The third kappa shape index (κ3) is 9.71. The third-order valence-electron chi connectivity index (χ3n) is 0.953. The van der Waals surface area contributed by atoms with E-state index in [0.717, 1.165) is 0 Å². The quantitative estimate of drug-likeness (QED) is 0.503. The molecule has 0 aromatic carbocycles. The molecule has 0 saturated carbocycles. The maximum atomic E-state index is 11.5. The van der Waals surface area contributed by atoms with Gasteiger partial charge in [-0.15, -0.1) is 0 Å². The van der Waals surface area contributed by atoms with Crippen LogP contribution in [0.1, 0.15) is 19.8 Å². The zero-order valence-electron chi connectivity index (χ0n) is 6.37. The van der Waals surface area contributed by atoms with Crippen LogP contribution in [0.3, 0.4) is 0 Å². The minimum Gasteiger partial charge on any atom is -0.302 e. The van der Waals surface area contributed by atoms with Gasteiger partial charge in [-0.05, 0) is 6.42 Å². The summed E-state index contributed by atoms with van der Waals surface area (Å²) in [4.78, 5) is 4.63. The highest BCUT2D eigenvalue weighted by Crippen LogP contribution is 2.20. The predicted molar refractivity (Wildman–Crippen MR) is 34.9 cm³/mol. The van der Waals surface area contributed by atoms with Gasteiger partial charge in [0.15, 0.2) is 0 Å². The molecule has 0 bridgehead atoms. The molecule has 0 atom stereocenters. The lowest BCUT2D eigenvalue weighted by Gasteiger charge is -2.05. The molecule has 0 radical (unpaired) electrons. The molecule has 2 nitrogen and oxygen atoms in total. The van der Waals surface area contributed by atoms with Crippen LogP contribution in [0, 0.1) is 0 Å². The Morgan fingerprint density at radius 1 is 1.36 bits per heavy atom. The number of alkyl halides is 3. The summed E-state index contributed by atoms with van der Waals surface area (Å²) in [6.07, 6.45) is -4.83. The van der Waals surface area contributed by atoms with Crippen LogP contribution in [0.4, 0.5) is 13.2 Å². The second kappa shape index (κ2) is 5.37. The van der Waals surface area contributed by atoms with Gasteiger partial charge in [0.05, 0.1) is 6.61 Å². The van der Waals surface area contributed by atoms with Gasteiger partial charge in [0, 0.05) is 13.0 Å². The second-order valence-corrected chi connectivity index (χ2v) is 2.07. The molecule has 11 heavy (non-hydrogen) atoms. The first-order valence-electron chi connectivity index (χ1n) is 3.47. The fourth-order valence-corrected chi connectivity index (χ4v) is 0.519. The van der Waals surface area contributed by atoms with E-state index in [9.17, 15) is 13.2 Å². The molecular weight excluding hydrogens is 159 g/mol. The van der Waals surface area contributed by atoms with Crippen molar-refractivity contribution in [2.75, 3.05) is 13.2 Å². The third-order valence-corrected chi connectivity index (χ3v) is 0.953. The summed E-state index contributed by atoms with van der Waals surface area (Å²) in [5.41, 5.74) is 2.47. The Morgan fingerprint density at radius 2 is 2.00 bits per heavy atom. The summed E-state index contributed by atoms with van der Waals surface area (Å²) in [6, 6.07) is 0. The van der Waals surface area contributed by atoms with E-state index in [1.165, 1.54) is 0 Å². The first-order valence-corrected chi connectivity index (χ1v) is 3.47. The zero-order chi connectivity index (χ0) is 8.74. The molecule has 0 saturated heterocycles. The Morgan fingerprint density at radius 3 is 2.45 bits per heavy atom. The van der Waals surface area contributed by atoms with E-state index in [4.69, 9.17) is 0 Å². The van der Waals surface area contributed by atoms with E-state index in [-0.39, 0.29) is 13.0 Å². The van der Waals surface area contributed by atoms with Crippen molar-refractivity contribution in [1.29, 1.82) is 0 Å². The molecular formula is C6H12F3NO. The summed E-state index contributed by atoms with van der Waals surface area (Å²) in [5, 5.41) is 0. The number of hydroxylamine groups is 1. The van der Waals surface area contributed by atoms with Gasteiger partial charge in [-0.25, -0.2) is 5.48 Å². The van der Waals surface area contributed by atoms with Crippen molar-refractivity contribution in [2.45, 2.75) is 25.9 Å². The topological polar surface area (TPSA) is 21.3 Å². The van der Waals surface area contributed by atoms with Crippen molar-refractivity contribution in [1.82, 2.24) is 5.48 Å². The number of nitrogens with one attached hydrogen (secondary N) is 1. The van der Waals surface area contributed by atoms with Crippen molar-refractivity contribution in [3.05, 3.63) is 0 Å². The van der Waals surface area contributed by atoms with E-state index < -0.39 is 12.6 Å². The average molecular weight is 171 g/mol. The summed E-state index contributed by atoms with van der Waals surface area (Å²) < 4.78 is 34.5. The normalized spacial score (nSPS) is 12.0. The molecule has 0 aliphatic carbocycles. The minimum absolute atomic E-state index is 0.0104. The van der Waals surface area contributed by atoms with E-state index in [1.54, 1.807) is 0 Å². The number of hydrogen-bond donors (Lipinski definition) is 1. The molecule has 0 aliphatic rings. The molecule has 5 heteroatoms. The molecule has 0 amide bonds. The number of rotatable bonds is 5. The maximum absolute atomic E-state index is 11.5. The van der Waals surface area contributed by atoms with Gasteiger partial charge < -0.3 is 4.84 Å². The van der Waals surface area contributed by atoms with Crippen LogP contribution >= 0.6 is 0 Å². The summed E-state index contributed by atoms with van der Waals surface area (Å²) in [7, 11) is 0. The Balaban J connectivity index is 3.02. The Kier molecular flexibility index (Phi) is 5.23. The highest BCUT2D eigenvalue weighted by atomic mass is 19.4. The lowest BCUT2D eigenvalue weighted by atomic mass is 10.3. The molecule has 0 unspecified atom stereocenters. The van der Waals surface area contributed by atoms with Crippen LogP contribution in [0.15, 0.2) is 0 Å². The van der Waals surface area contributed by atoms with Crippen molar-refractivity contribution in [3.8, 4) is 0 Å². The van der Waals surface area contributed by atoms with Crippen LogP contribution in [0.5, 0.6) is 0 Å². The van der Waals surface area contributed by atoms with Crippen molar-refractivity contribution in [3.63, 3.8) is 0 Å². The van der Waals surface area contributed by atoms with Crippen LogP contribution < -0.4 is 5.48 Å².